The molecule has 1 heterocycles. The van der Waals surface area contributed by atoms with Crippen LogP contribution in [0.2, 0.25) is 0 Å². The molecule has 0 spiro atoms. The highest BCUT2D eigenvalue weighted by atomic mass is 35.5. The van der Waals surface area contributed by atoms with Crippen LogP contribution in [0.15, 0.2) is 16.2 Å². The van der Waals surface area contributed by atoms with E-state index in [4.69, 9.17) is 39.9 Å². The van der Waals surface area contributed by atoms with Crippen molar-refractivity contribution in [3.63, 3.8) is 0 Å². The molecule has 1 rings (SSSR count). The lowest BCUT2D eigenvalue weighted by Gasteiger charge is -2.30. The Morgan fingerprint density at radius 2 is 1.82 bits per heavy atom. The van der Waals surface area contributed by atoms with Gasteiger partial charge in [0.2, 0.25) is 10.1 Å². The van der Waals surface area contributed by atoms with Gasteiger partial charge >= 0.3 is 0 Å². The summed E-state index contributed by atoms with van der Waals surface area (Å²) >= 11 is 16.1. The fourth-order valence-electron chi connectivity index (χ4n) is 0.534. The van der Waals surface area contributed by atoms with Crippen molar-refractivity contribution in [3.8, 4) is 0 Å². The number of hydrogen-bond acceptors (Lipinski definition) is 3. The Balaban J connectivity index is 3.04. The number of hydrogen-bond donors (Lipinski definition) is 2. The zero-order valence-electron chi connectivity index (χ0n) is 5.13. The van der Waals surface area contributed by atoms with E-state index in [0.29, 0.717) is 0 Å². The normalized spacial score (nSPS) is 43.9. The van der Waals surface area contributed by atoms with Crippen LogP contribution in [0.5, 0.6) is 0 Å². The second kappa shape index (κ2) is 2.61. The predicted molar refractivity (Wildman–Crippen MR) is 44.0 cm³/mol. The molecule has 0 amide bonds. The molecule has 0 fully saturated rings. The Hall–Kier alpha value is 0.200. The molecule has 1 aliphatic rings. The molecule has 0 saturated carbocycles. The SMILES string of the molecule is OC1(Cl)C=NC(Cl)=CC1(O)Cl. The molecule has 3 nitrogen and oxygen atoms in total. The average molecular weight is 216 g/mol. The molecule has 0 radical (unpaired) electrons. The van der Waals surface area contributed by atoms with Crippen molar-refractivity contribution in [1.29, 1.82) is 0 Å². The molecule has 11 heavy (non-hydrogen) atoms. The second-order valence-electron chi connectivity index (χ2n) is 2.07. The molecule has 2 atom stereocenters. The standard InChI is InChI=1S/C5H4Cl3NO2/c6-3-1-4(7,10)5(8,11)2-9-3/h1-2,10-11H. The fraction of sp³-hybridized carbons (Fsp3) is 0.400. The van der Waals surface area contributed by atoms with Gasteiger partial charge in [-0.3, -0.25) is 0 Å². The summed E-state index contributed by atoms with van der Waals surface area (Å²) in [5.41, 5.74) is 0. The van der Waals surface area contributed by atoms with E-state index in [1.807, 2.05) is 0 Å². The van der Waals surface area contributed by atoms with Crippen LogP contribution in [0.4, 0.5) is 0 Å². The zero-order valence-corrected chi connectivity index (χ0v) is 7.40. The number of aliphatic imine (C=N–C) groups is 1. The molecule has 2 N–H and O–H groups in total. The summed E-state index contributed by atoms with van der Waals surface area (Å²) in [7, 11) is 0. The van der Waals surface area contributed by atoms with Crippen LogP contribution < -0.4 is 0 Å². The highest BCUT2D eigenvalue weighted by Crippen LogP contribution is 2.35. The third kappa shape index (κ3) is 1.68. The minimum absolute atomic E-state index is 0.0205. The largest absolute Gasteiger partial charge is 0.368 e. The Labute approximate surface area is 77.9 Å². The Morgan fingerprint density at radius 1 is 1.27 bits per heavy atom. The lowest BCUT2D eigenvalue weighted by molar-refractivity contribution is 0.0333. The highest BCUT2D eigenvalue weighted by molar-refractivity contribution is 6.41. The van der Waals surface area contributed by atoms with Crippen LogP contribution in [-0.2, 0) is 0 Å². The van der Waals surface area contributed by atoms with Gasteiger partial charge in [0, 0.05) is 6.08 Å². The van der Waals surface area contributed by atoms with Gasteiger partial charge in [-0.15, -0.1) is 0 Å². The molecule has 0 aliphatic carbocycles. The number of aliphatic hydroxyl groups is 2. The first-order valence-electron chi connectivity index (χ1n) is 2.61. The van der Waals surface area contributed by atoms with E-state index in [9.17, 15) is 5.11 Å². The van der Waals surface area contributed by atoms with Crippen molar-refractivity contribution in [3.05, 3.63) is 11.2 Å². The van der Waals surface area contributed by atoms with E-state index in [0.717, 1.165) is 12.3 Å². The quantitative estimate of drug-likeness (QED) is 0.469. The molecule has 2 unspecified atom stereocenters. The minimum Gasteiger partial charge on any atom is -0.368 e. The van der Waals surface area contributed by atoms with Gasteiger partial charge in [-0.05, 0) is 0 Å². The minimum atomic E-state index is -2.10. The van der Waals surface area contributed by atoms with Crippen LogP contribution in [0.25, 0.3) is 0 Å². The average Bonchev–Trinajstić information content (AvgIpc) is 1.80. The van der Waals surface area contributed by atoms with Crippen molar-refractivity contribution in [2.75, 3.05) is 0 Å². The Bertz CT molecular complexity index is 234. The fourth-order valence-corrected chi connectivity index (χ4v) is 1.05. The number of rotatable bonds is 0. The summed E-state index contributed by atoms with van der Waals surface area (Å²) in [6, 6.07) is 0. The van der Waals surface area contributed by atoms with E-state index < -0.39 is 10.1 Å². The predicted octanol–water partition coefficient (Wildman–Crippen LogP) is 1.01. The van der Waals surface area contributed by atoms with Crippen LogP contribution in [0.3, 0.4) is 0 Å². The first-order valence-corrected chi connectivity index (χ1v) is 3.75. The van der Waals surface area contributed by atoms with Gasteiger partial charge < -0.3 is 10.2 Å². The monoisotopic (exact) mass is 215 g/mol. The number of nitrogens with zero attached hydrogens (tertiary/aromatic N) is 1. The molecule has 0 aromatic heterocycles. The van der Waals surface area contributed by atoms with Gasteiger partial charge in [-0.2, -0.15) is 0 Å². The zero-order chi connectivity index (χ0) is 8.70. The number of halogens is 3. The first kappa shape index (κ1) is 9.29. The van der Waals surface area contributed by atoms with E-state index in [-0.39, 0.29) is 5.16 Å². The molecule has 0 bridgehead atoms. The molecular weight excluding hydrogens is 212 g/mol. The second-order valence-corrected chi connectivity index (χ2v) is 3.61. The van der Waals surface area contributed by atoms with Crippen molar-refractivity contribution in [2.45, 2.75) is 10.1 Å². The maximum absolute atomic E-state index is 9.20. The van der Waals surface area contributed by atoms with Gasteiger partial charge in [0.1, 0.15) is 5.16 Å². The molecular formula is C5H4Cl3NO2. The molecule has 0 aromatic rings. The van der Waals surface area contributed by atoms with Crippen molar-refractivity contribution in [2.24, 2.45) is 4.99 Å². The van der Waals surface area contributed by atoms with Crippen LogP contribution in [-0.4, -0.2) is 26.5 Å². The highest BCUT2D eigenvalue weighted by Gasteiger charge is 2.46. The van der Waals surface area contributed by atoms with Crippen molar-refractivity contribution in [1.82, 2.24) is 0 Å². The van der Waals surface area contributed by atoms with Gasteiger partial charge in [0.15, 0.2) is 0 Å². The lowest BCUT2D eigenvalue weighted by Crippen LogP contribution is -2.47. The summed E-state index contributed by atoms with van der Waals surface area (Å²) in [4.78, 5) is 3.45. The number of alkyl halides is 2. The Morgan fingerprint density at radius 3 is 2.18 bits per heavy atom. The van der Waals surface area contributed by atoms with Crippen LogP contribution in [0.1, 0.15) is 0 Å². The smallest absolute Gasteiger partial charge is 0.222 e. The van der Waals surface area contributed by atoms with Gasteiger partial charge in [0.25, 0.3) is 0 Å². The van der Waals surface area contributed by atoms with Gasteiger partial charge in [0.05, 0.1) is 6.21 Å². The van der Waals surface area contributed by atoms with E-state index in [1.165, 1.54) is 0 Å². The molecule has 1 aliphatic heterocycles. The Kier molecular flexibility index (Phi) is 2.20. The van der Waals surface area contributed by atoms with E-state index >= 15 is 0 Å². The maximum atomic E-state index is 9.20. The van der Waals surface area contributed by atoms with Crippen LogP contribution in [0, 0.1) is 0 Å². The molecule has 62 valence electrons. The summed E-state index contributed by atoms with van der Waals surface area (Å²) < 4.78 is 0. The van der Waals surface area contributed by atoms with Crippen molar-refractivity contribution >= 4 is 41.0 Å². The van der Waals surface area contributed by atoms with Gasteiger partial charge in [-0.25, -0.2) is 4.99 Å². The van der Waals surface area contributed by atoms with Crippen LogP contribution >= 0.6 is 34.8 Å². The summed E-state index contributed by atoms with van der Waals surface area (Å²) in [5, 5.41) is 14.1. The van der Waals surface area contributed by atoms with Gasteiger partial charge in [-0.1, -0.05) is 34.8 Å². The van der Waals surface area contributed by atoms with E-state index in [2.05, 4.69) is 4.99 Å². The summed E-state index contributed by atoms with van der Waals surface area (Å²) in [6.45, 7) is 0. The first-order chi connectivity index (χ1) is 4.85. The lowest BCUT2D eigenvalue weighted by atomic mass is 10.2. The third-order valence-electron chi connectivity index (χ3n) is 1.16. The molecule has 6 heteroatoms. The van der Waals surface area contributed by atoms with Crippen molar-refractivity contribution < 1.29 is 10.2 Å². The third-order valence-corrected chi connectivity index (χ3v) is 2.25. The summed E-state index contributed by atoms with van der Waals surface area (Å²) in [5.74, 6) is 0. The molecule has 0 aromatic carbocycles. The topological polar surface area (TPSA) is 52.8 Å². The molecule has 0 saturated heterocycles. The van der Waals surface area contributed by atoms with E-state index in [1.54, 1.807) is 0 Å². The maximum Gasteiger partial charge on any atom is 0.222 e. The summed E-state index contributed by atoms with van der Waals surface area (Å²) in [6.07, 6.45) is 1.81.